The van der Waals surface area contributed by atoms with E-state index in [2.05, 4.69) is 0 Å². The fraction of sp³-hybridized carbons (Fsp3) is 0.600. The van der Waals surface area contributed by atoms with Gasteiger partial charge >= 0.3 is 0 Å². The lowest BCUT2D eigenvalue weighted by Crippen LogP contribution is -2.34. The maximum Gasteiger partial charge on any atom is 0.276 e. The van der Waals surface area contributed by atoms with Gasteiger partial charge in [-0.15, -0.1) is 0 Å². The monoisotopic (exact) mass is 247 g/mol. The van der Waals surface area contributed by atoms with Crippen LogP contribution in [0.1, 0.15) is 26.0 Å². The van der Waals surface area contributed by atoms with Crippen LogP contribution >= 0.6 is 0 Å². The minimum absolute atomic E-state index is 0.0901. The molecule has 0 fully saturated rings. The quantitative estimate of drug-likeness (QED) is 0.848. The molecule has 16 heavy (non-hydrogen) atoms. The van der Waals surface area contributed by atoms with Gasteiger partial charge in [-0.25, -0.2) is 8.42 Å². The van der Waals surface area contributed by atoms with E-state index in [1.165, 1.54) is 23.5 Å². The Hall–Kier alpha value is -0.850. The molecule has 1 rings (SSSR count). The smallest absolute Gasteiger partial charge is 0.276 e. The average Bonchev–Trinajstić information content (AvgIpc) is 2.75. The zero-order valence-corrected chi connectivity index (χ0v) is 10.5. The van der Waals surface area contributed by atoms with E-state index in [9.17, 15) is 8.42 Å². The third-order valence-electron chi connectivity index (χ3n) is 2.64. The highest BCUT2D eigenvalue weighted by molar-refractivity contribution is 7.89. The van der Waals surface area contributed by atoms with Gasteiger partial charge in [0.15, 0.2) is 0 Å². The van der Waals surface area contributed by atoms with Crippen molar-refractivity contribution in [2.75, 3.05) is 7.05 Å². The van der Waals surface area contributed by atoms with E-state index in [1.807, 2.05) is 13.8 Å². The second kappa shape index (κ2) is 4.99. The summed E-state index contributed by atoms with van der Waals surface area (Å²) in [5.41, 5.74) is 0. The second-order valence-electron chi connectivity index (χ2n) is 3.66. The van der Waals surface area contributed by atoms with Gasteiger partial charge in [-0.3, -0.25) is 0 Å². The summed E-state index contributed by atoms with van der Waals surface area (Å²) in [7, 11) is -2.07. The molecule has 0 aliphatic carbocycles. The van der Waals surface area contributed by atoms with Gasteiger partial charge in [0.05, 0.1) is 0 Å². The number of aliphatic hydroxyl groups is 1. The summed E-state index contributed by atoms with van der Waals surface area (Å²) < 4.78 is 30.3. The number of nitrogens with zero attached hydrogens (tertiary/aromatic N) is 1. The number of hydrogen-bond acceptors (Lipinski definition) is 4. The molecule has 6 heteroatoms. The van der Waals surface area contributed by atoms with Gasteiger partial charge in [0, 0.05) is 13.1 Å². The van der Waals surface area contributed by atoms with Gasteiger partial charge < -0.3 is 9.52 Å². The molecule has 1 N–H and O–H groups in total. The Morgan fingerprint density at radius 1 is 1.50 bits per heavy atom. The highest BCUT2D eigenvalue weighted by atomic mass is 32.2. The van der Waals surface area contributed by atoms with Crippen LogP contribution in [0, 0.1) is 0 Å². The minimum Gasteiger partial charge on any atom is -0.446 e. The van der Waals surface area contributed by atoms with Crippen molar-refractivity contribution in [1.29, 1.82) is 0 Å². The molecular weight excluding hydrogens is 230 g/mol. The molecule has 0 bridgehead atoms. The molecule has 1 aromatic heterocycles. The second-order valence-corrected chi connectivity index (χ2v) is 5.59. The molecule has 1 heterocycles. The minimum atomic E-state index is -3.58. The van der Waals surface area contributed by atoms with Crippen molar-refractivity contribution in [3.05, 3.63) is 17.9 Å². The van der Waals surface area contributed by atoms with E-state index in [1.54, 1.807) is 0 Å². The molecule has 0 amide bonds. The van der Waals surface area contributed by atoms with Crippen LogP contribution < -0.4 is 0 Å². The van der Waals surface area contributed by atoms with Gasteiger partial charge in [-0.2, -0.15) is 4.31 Å². The van der Waals surface area contributed by atoms with E-state index in [0.29, 0.717) is 0 Å². The molecule has 1 atom stereocenters. The molecule has 0 aliphatic rings. The van der Waals surface area contributed by atoms with E-state index < -0.39 is 10.0 Å². The Labute approximate surface area is 95.7 Å². The molecule has 1 unspecified atom stereocenters. The lowest BCUT2D eigenvalue weighted by atomic mass is 10.3. The molecule has 0 aliphatic heterocycles. The Bertz CT molecular complexity index is 437. The van der Waals surface area contributed by atoms with E-state index >= 15 is 0 Å². The topological polar surface area (TPSA) is 70.8 Å². The zero-order valence-electron chi connectivity index (χ0n) is 9.67. The maximum atomic E-state index is 12.0. The summed E-state index contributed by atoms with van der Waals surface area (Å²) in [5, 5.41) is 8.68. The molecule has 92 valence electrons. The number of aliphatic hydroxyl groups excluding tert-OH is 1. The van der Waals surface area contributed by atoms with Gasteiger partial charge in [0.25, 0.3) is 10.0 Å². The van der Waals surface area contributed by atoms with Gasteiger partial charge in [-0.05, 0) is 25.5 Å². The summed E-state index contributed by atoms with van der Waals surface area (Å²) in [4.78, 5) is 0. The predicted molar refractivity (Wildman–Crippen MR) is 59.3 cm³/mol. The van der Waals surface area contributed by atoms with Crippen LogP contribution in [0.5, 0.6) is 0 Å². The Balaban J connectivity index is 3.01. The van der Waals surface area contributed by atoms with Gasteiger partial charge in [0.2, 0.25) is 5.09 Å². The number of furan rings is 1. The number of rotatable bonds is 5. The van der Waals surface area contributed by atoms with E-state index in [4.69, 9.17) is 9.52 Å². The first-order valence-electron chi connectivity index (χ1n) is 5.11. The van der Waals surface area contributed by atoms with Crippen molar-refractivity contribution in [2.45, 2.75) is 38.0 Å². The lowest BCUT2D eigenvalue weighted by molar-refractivity contribution is 0.234. The van der Waals surface area contributed by atoms with Crippen LogP contribution in [0.4, 0.5) is 0 Å². The summed E-state index contributed by atoms with van der Waals surface area (Å²) >= 11 is 0. The van der Waals surface area contributed by atoms with Crippen molar-refractivity contribution in [1.82, 2.24) is 4.31 Å². The molecule has 1 aromatic rings. The fourth-order valence-corrected chi connectivity index (χ4v) is 2.58. The third-order valence-corrected chi connectivity index (χ3v) is 4.48. The van der Waals surface area contributed by atoms with Crippen LogP contribution in [0.25, 0.3) is 0 Å². The van der Waals surface area contributed by atoms with Crippen molar-refractivity contribution < 1.29 is 17.9 Å². The van der Waals surface area contributed by atoms with Crippen LogP contribution in [0.2, 0.25) is 0 Å². The van der Waals surface area contributed by atoms with Gasteiger partial charge in [-0.1, -0.05) is 6.92 Å². The first-order valence-corrected chi connectivity index (χ1v) is 6.55. The van der Waals surface area contributed by atoms with E-state index in [0.717, 1.165) is 6.42 Å². The largest absolute Gasteiger partial charge is 0.446 e. The molecule has 5 nitrogen and oxygen atoms in total. The van der Waals surface area contributed by atoms with Crippen LogP contribution in [-0.2, 0) is 16.6 Å². The van der Waals surface area contributed by atoms with Gasteiger partial charge in [0.1, 0.15) is 12.4 Å². The van der Waals surface area contributed by atoms with Crippen LogP contribution in [0.15, 0.2) is 21.6 Å². The predicted octanol–water partition coefficient (Wildman–Crippen LogP) is 1.19. The normalized spacial score (nSPS) is 14.3. The Morgan fingerprint density at radius 3 is 2.56 bits per heavy atom. The van der Waals surface area contributed by atoms with Crippen LogP contribution in [-0.4, -0.2) is 30.9 Å². The summed E-state index contributed by atoms with van der Waals surface area (Å²) in [6.45, 7) is 3.44. The molecule has 0 spiro atoms. The molecule has 0 aromatic carbocycles. The zero-order chi connectivity index (χ0) is 12.3. The average molecular weight is 247 g/mol. The standard InChI is InChI=1S/C10H17NO4S/c1-4-8(2)11(3)16(13,14)10-6-5-9(7-12)15-10/h5-6,8,12H,4,7H2,1-3H3. The summed E-state index contributed by atoms with van der Waals surface area (Å²) in [6, 6.07) is 2.73. The highest BCUT2D eigenvalue weighted by Crippen LogP contribution is 2.20. The molecule has 0 saturated carbocycles. The summed E-state index contributed by atoms with van der Waals surface area (Å²) in [6.07, 6.45) is 0.725. The van der Waals surface area contributed by atoms with Crippen molar-refractivity contribution in [3.8, 4) is 0 Å². The fourth-order valence-electron chi connectivity index (χ4n) is 1.22. The Kier molecular flexibility index (Phi) is 4.12. The number of sulfonamides is 1. The SMILES string of the molecule is CCC(C)N(C)S(=O)(=O)c1ccc(CO)o1. The summed E-state index contributed by atoms with van der Waals surface area (Å²) in [5.74, 6) is 0.246. The lowest BCUT2D eigenvalue weighted by Gasteiger charge is -2.21. The number of hydrogen-bond donors (Lipinski definition) is 1. The first-order chi connectivity index (χ1) is 7.43. The van der Waals surface area contributed by atoms with Crippen molar-refractivity contribution in [2.24, 2.45) is 0 Å². The van der Waals surface area contributed by atoms with E-state index in [-0.39, 0.29) is 23.5 Å². The van der Waals surface area contributed by atoms with Crippen LogP contribution in [0.3, 0.4) is 0 Å². The molecule has 0 saturated heterocycles. The first kappa shape index (κ1) is 13.2. The molecule has 0 radical (unpaired) electrons. The van der Waals surface area contributed by atoms with Crippen molar-refractivity contribution >= 4 is 10.0 Å². The maximum absolute atomic E-state index is 12.0. The molecular formula is C10H17NO4S. The van der Waals surface area contributed by atoms with Crippen molar-refractivity contribution in [3.63, 3.8) is 0 Å². The Morgan fingerprint density at radius 2 is 2.12 bits per heavy atom. The third kappa shape index (κ3) is 2.45. The highest BCUT2D eigenvalue weighted by Gasteiger charge is 2.27.